The first-order chi connectivity index (χ1) is 13.7. The van der Waals surface area contributed by atoms with Crippen molar-refractivity contribution in [1.82, 2.24) is 9.97 Å². The lowest BCUT2D eigenvalue weighted by Crippen LogP contribution is -2.15. The normalized spacial score (nSPS) is 11.9. The molecule has 0 aliphatic carbocycles. The Bertz CT molecular complexity index is 978. The van der Waals surface area contributed by atoms with Crippen molar-refractivity contribution >= 4 is 29.0 Å². The number of halogens is 1. The topological polar surface area (TPSA) is 85.4 Å². The van der Waals surface area contributed by atoms with Crippen molar-refractivity contribution in [2.24, 2.45) is 0 Å². The van der Waals surface area contributed by atoms with Crippen molar-refractivity contribution < 1.29 is 14.3 Å². The van der Waals surface area contributed by atoms with E-state index in [1.807, 2.05) is 24.3 Å². The van der Waals surface area contributed by atoms with E-state index in [1.165, 1.54) is 18.0 Å². The van der Waals surface area contributed by atoms with Gasteiger partial charge < -0.3 is 20.1 Å². The SMILES string of the molecule is O=C(Nc1ccc2c(c1)OCO2)c1cnc(NCCc2ccc(Cl)cc2)cn1. The van der Waals surface area contributed by atoms with E-state index in [4.69, 9.17) is 21.1 Å². The lowest BCUT2D eigenvalue weighted by atomic mass is 10.1. The van der Waals surface area contributed by atoms with Crippen molar-refractivity contribution in [2.45, 2.75) is 6.42 Å². The minimum absolute atomic E-state index is 0.185. The molecule has 7 nitrogen and oxygen atoms in total. The molecule has 4 rings (SSSR count). The molecule has 0 saturated carbocycles. The van der Waals surface area contributed by atoms with Crippen molar-refractivity contribution in [3.8, 4) is 11.5 Å². The Morgan fingerprint density at radius 3 is 2.64 bits per heavy atom. The van der Waals surface area contributed by atoms with E-state index in [0.717, 1.165) is 11.4 Å². The fraction of sp³-hybridized carbons (Fsp3) is 0.150. The molecule has 142 valence electrons. The Kier molecular flexibility index (Phi) is 5.25. The second kappa shape index (κ2) is 8.14. The molecule has 2 heterocycles. The van der Waals surface area contributed by atoms with E-state index >= 15 is 0 Å². The van der Waals surface area contributed by atoms with E-state index in [2.05, 4.69) is 20.6 Å². The van der Waals surface area contributed by atoms with E-state index < -0.39 is 0 Å². The third-order valence-electron chi connectivity index (χ3n) is 4.15. The standard InChI is InChI=1S/C20H17ClN4O3/c21-14-3-1-13(2-4-14)7-8-22-19-11-23-16(10-24-19)20(26)25-15-5-6-17-18(9-15)28-12-27-17/h1-6,9-11H,7-8,12H2,(H,22,24)(H,25,26). The minimum Gasteiger partial charge on any atom is -0.454 e. The first kappa shape index (κ1) is 18.1. The number of rotatable bonds is 6. The van der Waals surface area contributed by atoms with Crippen LogP contribution < -0.4 is 20.1 Å². The number of aromatic nitrogens is 2. The Morgan fingerprint density at radius 2 is 1.86 bits per heavy atom. The van der Waals surface area contributed by atoms with Gasteiger partial charge in [0, 0.05) is 23.3 Å². The summed E-state index contributed by atoms with van der Waals surface area (Å²) < 4.78 is 10.6. The van der Waals surface area contributed by atoms with Crippen LogP contribution in [-0.2, 0) is 6.42 Å². The van der Waals surface area contributed by atoms with Crippen LogP contribution in [0.15, 0.2) is 54.9 Å². The summed E-state index contributed by atoms with van der Waals surface area (Å²) in [5.41, 5.74) is 1.99. The van der Waals surface area contributed by atoms with Crippen LogP contribution in [0.4, 0.5) is 11.5 Å². The van der Waals surface area contributed by atoms with Crippen LogP contribution in [0.25, 0.3) is 0 Å². The second-order valence-corrected chi connectivity index (χ2v) is 6.55. The number of amides is 1. The van der Waals surface area contributed by atoms with Gasteiger partial charge in [0.2, 0.25) is 6.79 Å². The molecule has 0 spiro atoms. The highest BCUT2D eigenvalue weighted by molar-refractivity contribution is 6.30. The smallest absolute Gasteiger partial charge is 0.275 e. The Morgan fingerprint density at radius 1 is 1.04 bits per heavy atom. The zero-order chi connectivity index (χ0) is 19.3. The molecule has 0 radical (unpaired) electrons. The molecule has 1 aliphatic rings. The molecule has 1 aromatic heterocycles. The number of carbonyl (C=O) groups excluding carboxylic acids is 1. The summed E-state index contributed by atoms with van der Waals surface area (Å²) in [5.74, 6) is 1.52. The van der Waals surface area contributed by atoms with Crippen molar-refractivity contribution in [2.75, 3.05) is 24.0 Å². The largest absolute Gasteiger partial charge is 0.454 e. The maximum atomic E-state index is 12.3. The number of ether oxygens (including phenoxy) is 2. The van der Waals surface area contributed by atoms with E-state index in [1.54, 1.807) is 18.2 Å². The number of hydrogen-bond acceptors (Lipinski definition) is 6. The molecule has 0 saturated heterocycles. The van der Waals surface area contributed by atoms with Crippen molar-refractivity contribution in [1.29, 1.82) is 0 Å². The van der Waals surface area contributed by atoms with Crippen LogP contribution in [0.5, 0.6) is 11.5 Å². The number of nitrogens with one attached hydrogen (secondary N) is 2. The molecule has 0 bridgehead atoms. The lowest BCUT2D eigenvalue weighted by molar-refractivity contribution is 0.102. The maximum absolute atomic E-state index is 12.3. The molecular formula is C20H17ClN4O3. The summed E-state index contributed by atoms with van der Waals surface area (Å²) in [6.07, 6.45) is 3.80. The first-order valence-corrected chi connectivity index (χ1v) is 9.06. The third kappa shape index (κ3) is 4.32. The molecule has 2 aromatic carbocycles. The Hall–Kier alpha value is -3.32. The summed E-state index contributed by atoms with van der Waals surface area (Å²) in [7, 11) is 0. The highest BCUT2D eigenvalue weighted by Crippen LogP contribution is 2.34. The van der Waals surface area contributed by atoms with Crippen LogP contribution in [0.3, 0.4) is 0 Å². The van der Waals surface area contributed by atoms with Crippen LogP contribution in [0, 0.1) is 0 Å². The number of benzene rings is 2. The number of hydrogen-bond donors (Lipinski definition) is 2. The van der Waals surface area contributed by atoms with Crippen molar-refractivity contribution in [3.05, 3.63) is 71.1 Å². The predicted octanol–water partition coefficient (Wildman–Crippen LogP) is 3.77. The second-order valence-electron chi connectivity index (χ2n) is 6.11. The molecule has 0 unspecified atom stereocenters. The maximum Gasteiger partial charge on any atom is 0.275 e. The Balaban J connectivity index is 1.31. The number of carbonyl (C=O) groups is 1. The predicted molar refractivity (Wildman–Crippen MR) is 106 cm³/mol. The van der Waals surface area contributed by atoms with Gasteiger partial charge in [0.1, 0.15) is 11.5 Å². The van der Waals surface area contributed by atoms with Gasteiger partial charge in [-0.3, -0.25) is 4.79 Å². The number of nitrogens with zero attached hydrogens (tertiary/aromatic N) is 2. The van der Waals surface area contributed by atoms with Crippen LogP contribution >= 0.6 is 11.6 Å². The van der Waals surface area contributed by atoms with E-state index in [-0.39, 0.29) is 18.4 Å². The number of anilines is 2. The van der Waals surface area contributed by atoms with Crippen LogP contribution in [0.1, 0.15) is 16.1 Å². The molecule has 28 heavy (non-hydrogen) atoms. The first-order valence-electron chi connectivity index (χ1n) is 8.69. The third-order valence-corrected chi connectivity index (χ3v) is 4.40. The lowest BCUT2D eigenvalue weighted by Gasteiger charge is -2.07. The molecule has 1 amide bonds. The fourth-order valence-electron chi connectivity index (χ4n) is 2.69. The van der Waals surface area contributed by atoms with Gasteiger partial charge >= 0.3 is 0 Å². The summed E-state index contributed by atoms with van der Waals surface area (Å²) >= 11 is 5.88. The summed E-state index contributed by atoms with van der Waals surface area (Å²) in [6.45, 7) is 0.879. The summed E-state index contributed by atoms with van der Waals surface area (Å²) in [5, 5.41) is 6.67. The number of fused-ring (bicyclic) bond motifs is 1. The molecule has 1 aliphatic heterocycles. The van der Waals surface area contributed by atoms with Gasteiger partial charge in [-0.05, 0) is 36.2 Å². The average Bonchev–Trinajstić information content (AvgIpc) is 3.18. The zero-order valence-electron chi connectivity index (χ0n) is 14.8. The van der Waals surface area contributed by atoms with Crippen molar-refractivity contribution in [3.63, 3.8) is 0 Å². The molecule has 8 heteroatoms. The van der Waals surface area contributed by atoms with Gasteiger partial charge in [0.15, 0.2) is 11.5 Å². The summed E-state index contributed by atoms with van der Waals surface area (Å²) in [6, 6.07) is 12.9. The van der Waals surface area contributed by atoms with Gasteiger partial charge in [-0.25, -0.2) is 9.97 Å². The highest BCUT2D eigenvalue weighted by atomic mass is 35.5. The van der Waals surface area contributed by atoms with Gasteiger partial charge in [-0.1, -0.05) is 23.7 Å². The molecule has 3 aromatic rings. The highest BCUT2D eigenvalue weighted by Gasteiger charge is 2.15. The van der Waals surface area contributed by atoms with Gasteiger partial charge in [0.05, 0.1) is 12.4 Å². The summed E-state index contributed by atoms with van der Waals surface area (Å²) in [4.78, 5) is 20.8. The fourth-order valence-corrected chi connectivity index (χ4v) is 2.82. The monoisotopic (exact) mass is 396 g/mol. The molecular weight excluding hydrogens is 380 g/mol. The molecule has 0 fully saturated rings. The van der Waals surface area contributed by atoms with E-state index in [0.29, 0.717) is 29.5 Å². The molecule has 2 N–H and O–H groups in total. The van der Waals surface area contributed by atoms with Gasteiger partial charge in [-0.15, -0.1) is 0 Å². The van der Waals surface area contributed by atoms with E-state index in [9.17, 15) is 4.79 Å². The van der Waals surface area contributed by atoms with Crippen LogP contribution in [-0.4, -0.2) is 29.2 Å². The van der Waals surface area contributed by atoms with Gasteiger partial charge in [-0.2, -0.15) is 0 Å². The van der Waals surface area contributed by atoms with Gasteiger partial charge in [0.25, 0.3) is 5.91 Å². The molecule has 0 atom stereocenters. The zero-order valence-corrected chi connectivity index (χ0v) is 15.6. The quantitative estimate of drug-likeness (QED) is 0.659. The Labute approximate surface area is 166 Å². The van der Waals surface area contributed by atoms with Crippen LogP contribution in [0.2, 0.25) is 5.02 Å². The minimum atomic E-state index is -0.348. The average molecular weight is 397 g/mol.